The fourth-order valence-corrected chi connectivity index (χ4v) is 3.86. The van der Waals surface area contributed by atoms with Gasteiger partial charge in [-0.2, -0.15) is 0 Å². The summed E-state index contributed by atoms with van der Waals surface area (Å²) in [6, 6.07) is 19.8. The van der Waals surface area contributed by atoms with Crippen LogP contribution in [0.25, 0.3) is 0 Å². The topological polar surface area (TPSA) is 93.7 Å². The molecule has 2 N–H and O–H groups in total. The molecular weight excluding hydrogens is 416 g/mol. The average molecular weight is 441 g/mol. The van der Waals surface area contributed by atoms with Crippen molar-refractivity contribution in [3.63, 3.8) is 0 Å². The quantitative estimate of drug-likeness (QED) is 0.489. The third kappa shape index (κ3) is 6.07. The van der Waals surface area contributed by atoms with Gasteiger partial charge in [-0.15, -0.1) is 0 Å². The lowest BCUT2D eigenvalue weighted by Gasteiger charge is -2.13. The number of carbonyl (C=O) groups is 1. The molecule has 0 saturated heterocycles. The molecule has 0 saturated carbocycles. The molecule has 1 amide bonds. The molecule has 0 spiro atoms. The summed E-state index contributed by atoms with van der Waals surface area (Å²) in [5.74, 6) is 0.218. The molecule has 0 fully saturated rings. The highest BCUT2D eigenvalue weighted by Crippen LogP contribution is 2.26. The standard InChI is InChI=1S/C23H24N2O5S/c1-17-8-13-21(22(16-17)30-15-14-29-2)24-23(26)18-9-11-19(12-10-18)25-31(27,28)20-6-4-3-5-7-20/h3-13,16,25H,14-15H2,1-2H3,(H,24,26). The molecule has 3 rings (SSSR count). The van der Waals surface area contributed by atoms with E-state index in [1.807, 2.05) is 19.1 Å². The van der Waals surface area contributed by atoms with Crippen LogP contribution < -0.4 is 14.8 Å². The van der Waals surface area contributed by atoms with Crippen molar-refractivity contribution in [3.05, 3.63) is 83.9 Å². The first-order valence-electron chi connectivity index (χ1n) is 9.61. The van der Waals surface area contributed by atoms with Crippen molar-refractivity contribution >= 4 is 27.3 Å². The Morgan fingerprint density at radius 3 is 2.32 bits per heavy atom. The van der Waals surface area contributed by atoms with Gasteiger partial charge in [-0.3, -0.25) is 9.52 Å². The highest BCUT2D eigenvalue weighted by atomic mass is 32.2. The number of hydrogen-bond donors (Lipinski definition) is 2. The Morgan fingerprint density at radius 1 is 0.935 bits per heavy atom. The molecule has 0 unspecified atom stereocenters. The zero-order valence-corrected chi connectivity index (χ0v) is 18.1. The molecule has 162 valence electrons. The van der Waals surface area contributed by atoms with Gasteiger partial charge in [-0.1, -0.05) is 24.3 Å². The van der Waals surface area contributed by atoms with Gasteiger partial charge in [0.05, 0.1) is 17.2 Å². The largest absolute Gasteiger partial charge is 0.489 e. The van der Waals surface area contributed by atoms with Crippen LogP contribution in [0.2, 0.25) is 0 Å². The van der Waals surface area contributed by atoms with Gasteiger partial charge in [0.2, 0.25) is 0 Å². The maximum atomic E-state index is 12.7. The van der Waals surface area contributed by atoms with Gasteiger partial charge in [0.15, 0.2) is 0 Å². The number of ether oxygens (including phenoxy) is 2. The van der Waals surface area contributed by atoms with E-state index in [9.17, 15) is 13.2 Å². The fraction of sp³-hybridized carbons (Fsp3) is 0.174. The number of sulfonamides is 1. The lowest BCUT2D eigenvalue weighted by molar-refractivity contribution is 0.102. The summed E-state index contributed by atoms with van der Waals surface area (Å²) < 4.78 is 38.0. The maximum absolute atomic E-state index is 12.7. The number of amides is 1. The second-order valence-corrected chi connectivity index (χ2v) is 8.47. The molecule has 31 heavy (non-hydrogen) atoms. The van der Waals surface area contributed by atoms with Crippen LogP contribution in [0.3, 0.4) is 0 Å². The molecule has 0 aliphatic rings. The normalized spacial score (nSPS) is 11.0. The molecule has 0 atom stereocenters. The monoisotopic (exact) mass is 440 g/mol. The van der Waals surface area contributed by atoms with Gasteiger partial charge in [-0.25, -0.2) is 8.42 Å². The number of anilines is 2. The lowest BCUT2D eigenvalue weighted by atomic mass is 10.1. The van der Waals surface area contributed by atoms with Crippen LogP contribution >= 0.6 is 0 Å². The van der Waals surface area contributed by atoms with E-state index < -0.39 is 10.0 Å². The Morgan fingerprint density at radius 2 is 1.65 bits per heavy atom. The zero-order chi connectivity index (χ0) is 22.3. The number of benzene rings is 3. The van der Waals surface area contributed by atoms with E-state index in [0.717, 1.165) is 5.56 Å². The highest BCUT2D eigenvalue weighted by Gasteiger charge is 2.15. The van der Waals surface area contributed by atoms with Gasteiger partial charge in [0.25, 0.3) is 15.9 Å². The molecule has 0 aliphatic carbocycles. The van der Waals surface area contributed by atoms with Gasteiger partial charge in [0.1, 0.15) is 12.4 Å². The van der Waals surface area contributed by atoms with E-state index in [4.69, 9.17) is 9.47 Å². The molecule has 0 aromatic heterocycles. The third-order valence-electron chi connectivity index (χ3n) is 4.38. The van der Waals surface area contributed by atoms with E-state index in [1.165, 1.54) is 12.1 Å². The number of rotatable bonds is 9. The molecule has 0 bridgehead atoms. The summed E-state index contributed by atoms with van der Waals surface area (Å²) in [4.78, 5) is 12.8. The summed E-state index contributed by atoms with van der Waals surface area (Å²) in [7, 11) is -2.10. The summed E-state index contributed by atoms with van der Waals surface area (Å²) in [6.45, 7) is 2.73. The van der Waals surface area contributed by atoms with Crippen LogP contribution in [0.1, 0.15) is 15.9 Å². The summed E-state index contributed by atoms with van der Waals surface area (Å²) in [6.07, 6.45) is 0. The first-order chi connectivity index (χ1) is 14.9. The molecule has 7 nitrogen and oxygen atoms in total. The first-order valence-corrected chi connectivity index (χ1v) is 11.1. The van der Waals surface area contributed by atoms with E-state index >= 15 is 0 Å². The molecule has 0 heterocycles. The smallest absolute Gasteiger partial charge is 0.261 e. The van der Waals surface area contributed by atoms with Crippen LogP contribution in [-0.4, -0.2) is 34.6 Å². The Labute approximate surface area is 182 Å². The molecular formula is C23H24N2O5S. The maximum Gasteiger partial charge on any atom is 0.261 e. The van der Waals surface area contributed by atoms with Gasteiger partial charge in [0, 0.05) is 18.4 Å². The van der Waals surface area contributed by atoms with Gasteiger partial charge < -0.3 is 14.8 Å². The van der Waals surface area contributed by atoms with Crippen LogP contribution in [-0.2, 0) is 14.8 Å². The Hall–Kier alpha value is -3.36. The Bertz CT molecular complexity index is 1130. The van der Waals surface area contributed by atoms with Gasteiger partial charge in [-0.05, 0) is 61.0 Å². The summed E-state index contributed by atoms with van der Waals surface area (Å²) in [5, 5.41) is 2.83. The summed E-state index contributed by atoms with van der Waals surface area (Å²) >= 11 is 0. The van der Waals surface area contributed by atoms with E-state index in [-0.39, 0.29) is 10.8 Å². The van der Waals surface area contributed by atoms with E-state index in [1.54, 1.807) is 55.6 Å². The first kappa shape index (κ1) is 22.3. The van der Waals surface area contributed by atoms with E-state index in [0.29, 0.717) is 35.9 Å². The molecule has 3 aromatic rings. The average Bonchev–Trinajstić information content (AvgIpc) is 2.76. The van der Waals surface area contributed by atoms with Crippen LogP contribution in [0.5, 0.6) is 5.75 Å². The minimum Gasteiger partial charge on any atom is -0.489 e. The van der Waals surface area contributed by atoms with Crippen LogP contribution in [0.15, 0.2) is 77.7 Å². The minimum absolute atomic E-state index is 0.164. The number of nitrogens with one attached hydrogen (secondary N) is 2. The molecule has 8 heteroatoms. The number of aryl methyl sites for hydroxylation is 1. The molecule has 3 aromatic carbocycles. The van der Waals surface area contributed by atoms with Crippen molar-refractivity contribution in [2.45, 2.75) is 11.8 Å². The SMILES string of the molecule is COCCOc1cc(C)ccc1NC(=O)c1ccc(NS(=O)(=O)c2ccccc2)cc1. The van der Waals surface area contributed by atoms with Crippen molar-refractivity contribution in [2.24, 2.45) is 0 Å². The number of carbonyl (C=O) groups excluding carboxylic acids is 1. The molecule has 0 radical (unpaired) electrons. The van der Waals surface area contributed by atoms with Gasteiger partial charge >= 0.3 is 0 Å². The second-order valence-electron chi connectivity index (χ2n) is 6.79. The zero-order valence-electron chi connectivity index (χ0n) is 17.3. The Balaban J connectivity index is 1.70. The number of methoxy groups -OCH3 is 1. The second kappa shape index (κ2) is 10.1. The minimum atomic E-state index is -3.69. The predicted octanol–water partition coefficient (Wildman–Crippen LogP) is 4.07. The Kier molecular flexibility index (Phi) is 7.28. The van der Waals surface area contributed by atoms with Crippen LogP contribution in [0.4, 0.5) is 11.4 Å². The van der Waals surface area contributed by atoms with Crippen molar-refractivity contribution < 1.29 is 22.7 Å². The van der Waals surface area contributed by atoms with E-state index in [2.05, 4.69) is 10.0 Å². The fourth-order valence-electron chi connectivity index (χ4n) is 2.79. The van der Waals surface area contributed by atoms with Crippen LogP contribution in [0, 0.1) is 6.92 Å². The predicted molar refractivity (Wildman–Crippen MR) is 120 cm³/mol. The van der Waals surface area contributed by atoms with Crippen molar-refractivity contribution in [3.8, 4) is 5.75 Å². The van der Waals surface area contributed by atoms with Crippen molar-refractivity contribution in [1.29, 1.82) is 0 Å². The number of hydrogen-bond acceptors (Lipinski definition) is 5. The highest BCUT2D eigenvalue weighted by molar-refractivity contribution is 7.92. The van der Waals surface area contributed by atoms with Crippen molar-refractivity contribution in [2.75, 3.05) is 30.4 Å². The third-order valence-corrected chi connectivity index (χ3v) is 5.78. The molecule has 0 aliphatic heterocycles. The summed E-state index contributed by atoms with van der Waals surface area (Å²) in [5.41, 5.74) is 2.28. The van der Waals surface area contributed by atoms with Crippen molar-refractivity contribution in [1.82, 2.24) is 0 Å². The lowest BCUT2D eigenvalue weighted by Crippen LogP contribution is -2.15.